The summed E-state index contributed by atoms with van der Waals surface area (Å²) >= 11 is 0. The molecule has 2 aromatic carbocycles. The number of nitrogens with zero attached hydrogens (tertiary/aromatic N) is 4. The lowest BCUT2D eigenvalue weighted by Gasteiger charge is -2.34. The fourth-order valence-corrected chi connectivity index (χ4v) is 4.83. The maximum absolute atomic E-state index is 16.4. The summed E-state index contributed by atoms with van der Waals surface area (Å²) < 4.78 is 48.1. The Hall–Kier alpha value is -4.14. The lowest BCUT2D eigenvalue weighted by atomic mass is 9.95. The standard InChI is InChI=1S/C26H21F3N6/c1-13-12-31-23-16(13)8-14(27)9-17(23)21-18(28)11-19-24(22(21)29)35-20(10-15-6-4-5-7-30-15)33-34-25(35)26(2,3)32-19/h4-9,11-12,31-32H,10H2,1-3H3. The molecule has 176 valence electrons. The van der Waals surface area contributed by atoms with Gasteiger partial charge in [0.2, 0.25) is 0 Å². The van der Waals surface area contributed by atoms with Gasteiger partial charge in [0.1, 0.15) is 23.1 Å². The van der Waals surface area contributed by atoms with Gasteiger partial charge in [0.25, 0.3) is 0 Å². The summed E-state index contributed by atoms with van der Waals surface area (Å²) in [6.45, 7) is 5.53. The van der Waals surface area contributed by atoms with Crippen molar-refractivity contribution in [3.05, 3.63) is 89.1 Å². The summed E-state index contributed by atoms with van der Waals surface area (Å²) in [7, 11) is 0. The number of aryl methyl sites for hydroxylation is 1. The third kappa shape index (κ3) is 3.22. The molecule has 4 heterocycles. The van der Waals surface area contributed by atoms with Crippen LogP contribution < -0.4 is 5.32 Å². The van der Waals surface area contributed by atoms with Crippen molar-refractivity contribution in [2.24, 2.45) is 0 Å². The minimum atomic E-state index is -0.828. The number of benzene rings is 2. The molecule has 0 bridgehead atoms. The molecule has 3 aromatic heterocycles. The number of aromatic amines is 1. The number of anilines is 1. The average Bonchev–Trinajstić information content (AvgIpc) is 3.38. The molecular weight excluding hydrogens is 453 g/mol. The largest absolute Gasteiger partial charge is 0.371 e. The minimum Gasteiger partial charge on any atom is -0.371 e. The van der Waals surface area contributed by atoms with Crippen LogP contribution in [0.25, 0.3) is 27.7 Å². The van der Waals surface area contributed by atoms with Crippen molar-refractivity contribution in [1.82, 2.24) is 24.7 Å². The second-order valence-electron chi connectivity index (χ2n) is 9.31. The first kappa shape index (κ1) is 21.4. The number of pyridine rings is 1. The summed E-state index contributed by atoms with van der Waals surface area (Å²) in [5.41, 5.74) is 1.37. The zero-order chi connectivity index (χ0) is 24.5. The van der Waals surface area contributed by atoms with Crippen molar-refractivity contribution in [3.63, 3.8) is 0 Å². The van der Waals surface area contributed by atoms with Gasteiger partial charge in [0, 0.05) is 35.1 Å². The highest BCUT2D eigenvalue weighted by Gasteiger charge is 2.38. The van der Waals surface area contributed by atoms with Crippen LogP contribution in [0.15, 0.2) is 48.8 Å². The number of halogens is 3. The maximum atomic E-state index is 16.4. The summed E-state index contributed by atoms with van der Waals surface area (Å²) in [6, 6.07) is 9.26. The van der Waals surface area contributed by atoms with Crippen molar-refractivity contribution in [1.29, 1.82) is 0 Å². The smallest absolute Gasteiger partial charge is 0.162 e. The number of hydrogen-bond acceptors (Lipinski definition) is 4. The van der Waals surface area contributed by atoms with Gasteiger partial charge in [-0.25, -0.2) is 13.2 Å². The van der Waals surface area contributed by atoms with E-state index in [4.69, 9.17) is 0 Å². The Balaban J connectivity index is 1.63. The van der Waals surface area contributed by atoms with E-state index in [1.807, 2.05) is 32.0 Å². The van der Waals surface area contributed by atoms with Gasteiger partial charge in [-0.05, 0) is 50.6 Å². The van der Waals surface area contributed by atoms with Gasteiger partial charge >= 0.3 is 0 Å². The Morgan fingerprint density at radius 1 is 1.06 bits per heavy atom. The van der Waals surface area contributed by atoms with Crippen molar-refractivity contribution < 1.29 is 13.2 Å². The number of aromatic nitrogens is 5. The second-order valence-corrected chi connectivity index (χ2v) is 9.31. The fraction of sp³-hybridized carbons (Fsp3) is 0.192. The molecule has 2 N–H and O–H groups in total. The molecule has 0 saturated heterocycles. The van der Waals surface area contributed by atoms with E-state index in [0.717, 1.165) is 17.3 Å². The Labute approximate surface area is 198 Å². The molecule has 0 radical (unpaired) electrons. The highest BCUT2D eigenvalue weighted by molar-refractivity contribution is 5.97. The molecule has 35 heavy (non-hydrogen) atoms. The van der Waals surface area contributed by atoms with Gasteiger partial charge in [-0.3, -0.25) is 9.55 Å². The Bertz CT molecular complexity index is 1620. The van der Waals surface area contributed by atoms with Crippen LogP contribution in [0.2, 0.25) is 0 Å². The number of fused-ring (bicyclic) bond motifs is 4. The maximum Gasteiger partial charge on any atom is 0.162 e. The van der Waals surface area contributed by atoms with E-state index >= 15 is 8.78 Å². The molecule has 6 nitrogen and oxygen atoms in total. The van der Waals surface area contributed by atoms with E-state index in [0.29, 0.717) is 29.0 Å². The fourth-order valence-electron chi connectivity index (χ4n) is 4.83. The number of H-pyrrole nitrogens is 1. The van der Waals surface area contributed by atoms with Crippen molar-refractivity contribution >= 4 is 16.6 Å². The lowest BCUT2D eigenvalue weighted by molar-refractivity contribution is 0.516. The average molecular weight is 474 g/mol. The van der Waals surface area contributed by atoms with Crippen LogP contribution in [0.1, 0.15) is 36.8 Å². The SMILES string of the molecule is Cc1c[nH]c2c(-c3c(F)cc4c(c3F)-n3c(Cc5ccccn5)nnc3C(C)(C)N4)cc(F)cc12. The van der Waals surface area contributed by atoms with Gasteiger partial charge in [-0.15, -0.1) is 10.2 Å². The van der Waals surface area contributed by atoms with Crippen LogP contribution in [-0.4, -0.2) is 24.7 Å². The predicted molar refractivity (Wildman–Crippen MR) is 127 cm³/mol. The summed E-state index contributed by atoms with van der Waals surface area (Å²) in [6.07, 6.45) is 3.66. The Morgan fingerprint density at radius 2 is 1.89 bits per heavy atom. The van der Waals surface area contributed by atoms with E-state index in [9.17, 15) is 4.39 Å². The van der Waals surface area contributed by atoms with Gasteiger partial charge in [-0.1, -0.05) is 6.07 Å². The van der Waals surface area contributed by atoms with E-state index in [1.54, 1.807) is 23.9 Å². The molecule has 0 spiro atoms. The zero-order valence-corrected chi connectivity index (χ0v) is 19.2. The van der Waals surface area contributed by atoms with Gasteiger partial charge in [0.05, 0.1) is 28.7 Å². The van der Waals surface area contributed by atoms with Gasteiger partial charge in [0.15, 0.2) is 11.6 Å². The van der Waals surface area contributed by atoms with E-state index in [1.165, 1.54) is 12.1 Å². The van der Waals surface area contributed by atoms with Crippen LogP contribution in [0.4, 0.5) is 18.9 Å². The molecular formula is C26H21F3N6. The van der Waals surface area contributed by atoms with E-state index in [2.05, 4.69) is 25.5 Å². The molecule has 0 fully saturated rings. The molecule has 0 saturated carbocycles. The summed E-state index contributed by atoms with van der Waals surface area (Å²) in [5.74, 6) is -1.26. The first-order valence-electron chi connectivity index (χ1n) is 11.2. The van der Waals surface area contributed by atoms with Crippen LogP contribution in [-0.2, 0) is 12.0 Å². The highest BCUT2D eigenvalue weighted by Crippen LogP contribution is 2.44. The molecule has 1 aliphatic heterocycles. The lowest BCUT2D eigenvalue weighted by Crippen LogP contribution is -2.36. The molecule has 0 atom stereocenters. The molecule has 1 aliphatic rings. The predicted octanol–water partition coefficient (Wildman–Crippen LogP) is 5.79. The summed E-state index contributed by atoms with van der Waals surface area (Å²) in [4.78, 5) is 7.38. The van der Waals surface area contributed by atoms with Gasteiger partial charge in [-0.2, -0.15) is 0 Å². The highest BCUT2D eigenvalue weighted by atomic mass is 19.1. The molecule has 9 heteroatoms. The topological polar surface area (TPSA) is 71.4 Å². The van der Waals surface area contributed by atoms with Crippen LogP contribution >= 0.6 is 0 Å². The number of rotatable bonds is 3. The van der Waals surface area contributed by atoms with Crippen molar-refractivity contribution in [3.8, 4) is 16.8 Å². The molecule has 0 aliphatic carbocycles. The molecule has 0 amide bonds. The third-order valence-corrected chi connectivity index (χ3v) is 6.45. The van der Waals surface area contributed by atoms with E-state index < -0.39 is 23.0 Å². The molecule has 5 aromatic rings. The minimum absolute atomic E-state index is 0.0901. The normalized spacial score (nSPS) is 14.0. The van der Waals surface area contributed by atoms with Crippen molar-refractivity contribution in [2.45, 2.75) is 32.7 Å². The third-order valence-electron chi connectivity index (χ3n) is 6.45. The monoisotopic (exact) mass is 474 g/mol. The van der Waals surface area contributed by atoms with Crippen molar-refractivity contribution in [2.75, 3.05) is 5.32 Å². The van der Waals surface area contributed by atoms with Crippen LogP contribution in [0.3, 0.4) is 0 Å². The Kier molecular flexibility index (Phi) is 4.54. The van der Waals surface area contributed by atoms with Gasteiger partial charge < -0.3 is 10.3 Å². The number of nitrogens with one attached hydrogen (secondary N) is 2. The second kappa shape index (κ2) is 7.43. The van der Waals surface area contributed by atoms with E-state index in [-0.39, 0.29) is 22.5 Å². The van der Waals surface area contributed by atoms with Crippen LogP contribution in [0, 0.1) is 24.4 Å². The summed E-state index contributed by atoms with van der Waals surface area (Å²) in [5, 5.41) is 12.4. The number of hydrogen-bond donors (Lipinski definition) is 2. The first-order valence-corrected chi connectivity index (χ1v) is 11.2. The molecule has 0 unspecified atom stereocenters. The van der Waals surface area contributed by atoms with Crippen LogP contribution in [0.5, 0.6) is 0 Å². The Morgan fingerprint density at radius 3 is 2.66 bits per heavy atom. The quantitative estimate of drug-likeness (QED) is 0.347. The zero-order valence-electron chi connectivity index (χ0n) is 19.2. The molecule has 6 rings (SSSR count). The first-order chi connectivity index (χ1) is 16.7.